The summed E-state index contributed by atoms with van der Waals surface area (Å²) in [7, 11) is 1.34. The van der Waals surface area contributed by atoms with Crippen LogP contribution in [0.4, 0.5) is 5.13 Å². The lowest BCUT2D eigenvalue weighted by Gasteiger charge is -2.53. The number of fused-ring (bicyclic) bond motifs is 2. The molecule has 0 bridgehead atoms. The number of oxime groups is 1. The van der Waals surface area contributed by atoms with Gasteiger partial charge in [-0.15, -0.1) is 34.4 Å². The van der Waals surface area contributed by atoms with Crippen molar-refractivity contribution in [1.29, 1.82) is 0 Å². The fourth-order valence-electron chi connectivity index (χ4n) is 6.74. The van der Waals surface area contributed by atoms with Crippen LogP contribution >= 0.6 is 46.2 Å². The lowest BCUT2D eigenvalue weighted by atomic mass is 9.77. The van der Waals surface area contributed by atoms with Crippen molar-refractivity contribution in [1.82, 2.24) is 20.2 Å². The largest absolute Gasteiger partial charge is 0.480 e. The number of thioether (sulfide) groups is 2. The molecule has 11 nitrogen and oxygen atoms in total. The molecule has 4 aromatic carbocycles. The maximum atomic E-state index is 13.8. The molecule has 2 saturated heterocycles. The first-order valence-corrected chi connectivity index (χ1v) is 20.4. The number of para-hydroxylation sites is 1. The summed E-state index contributed by atoms with van der Waals surface area (Å²) in [6, 6.07) is 37.0. The highest BCUT2D eigenvalue weighted by atomic mass is 32.2. The van der Waals surface area contributed by atoms with Gasteiger partial charge in [0.1, 0.15) is 34.5 Å². The Hall–Kier alpha value is -5.22. The van der Waals surface area contributed by atoms with Gasteiger partial charge in [-0.1, -0.05) is 120 Å². The van der Waals surface area contributed by atoms with E-state index >= 15 is 0 Å². The molecule has 4 heterocycles. The molecule has 0 saturated carbocycles. The van der Waals surface area contributed by atoms with Crippen molar-refractivity contribution in [2.45, 2.75) is 26.0 Å². The highest BCUT2D eigenvalue weighted by molar-refractivity contribution is 8.06. The van der Waals surface area contributed by atoms with E-state index in [0.717, 1.165) is 26.9 Å². The Morgan fingerprint density at radius 1 is 0.926 bits per heavy atom. The summed E-state index contributed by atoms with van der Waals surface area (Å²) in [4.78, 5) is 56.0. The monoisotopic (exact) mass is 792 g/mol. The summed E-state index contributed by atoms with van der Waals surface area (Å²) >= 11 is 5.24. The smallest absolute Gasteiger partial charge is 0.322 e. The number of carboxylic acids is 1. The number of carbonyl (C=O) groups excluding carboxylic acids is 2. The van der Waals surface area contributed by atoms with Gasteiger partial charge in [0.2, 0.25) is 5.91 Å². The number of carbonyl (C=O) groups is 3. The molecule has 8 rings (SSSR count). The first-order valence-electron chi connectivity index (χ1n) is 16.8. The Labute approximate surface area is 326 Å². The third-order valence-electron chi connectivity index (χ3n) is 9.35. The minimum Gasteiger partial charge on any atom is -0.480 e. The molecule has 0 spiro atoms. The molecule has 54 heavy (non-hydrogen) atoms. The van der Waals surface area contributed by atoms with Gasteiger partial charge in [-0.3, -0.25) is 14.4 Å². The van der Waals surface area contributed by atoms with Crippen LogP contribution in [-0.2, 0) is 24.8 Å². The highest BCUT2D eigenvalue weighted by Crippen LogP contribution is 2.48. The molecule has 2 aliphatic rings. The third kappa shape index (κ3) is 6.50. The highest BCUT2D eigenvalue weighted by Gasteiger charge is 2.58. The predicted octanol–water partition coefficient (Wildman–Crippen LogP) is 6.52. The SMILES string of the molecule is CON=C(C(=O)NC1C(=O)N2CC(Sc3nc4ccccc4s3)(C(=O)O)CS[C@H]12)c1csc(NC(c2ccccc2)(c2ccccc2)c2ccccc2)n1. The fourth-order valence-corrected chi connectivity index (χ4v) is 11.7. The lowest BCUT2D eigenvalue weighted by Crippen LogP contribution is -2.74. The fraction of sp³-hybridized carbons (Fsp3) is 0.179. The number of amides is 2. The first-order chi connectivity index (χ1) is 26.3. The van der Waals surface area contributed by atoms with E-state index < -0.39 is 33.6 Å². The van der Waals surface area contributed by atoms with Crippen molar-refractivity contribution in [3.63, 3.8) is 0 Å². The van der Waals surface area contributed by atoms with Crippen molar-refractivity contribution in [3.05, 3.63) is 143 Å². The van der Waals surface area contributed by atoms with E-state index in [0.29, 0.717) is 9.47 Å². The number of β-lactam (4-membered cyclic amide) rings is 1. The van der Waals surface area contributed by atoms with Gasteiger partial charge in [0.25, 0.3) is 5.91 Å². The van der Waals surface area contributed by atoms with Gasteiger partial charge in [0.05, 0.1) is 10.2 Å². The number of aromatic nitrogens is 2. The lowest BCUT2D eigenvalue weighted by molar-refractivity contribution is -0.151. The van der Waals surface area contributed by atoms with Crippen LogP contribution in [0.25, 0.3) is 10.2 Å². The Morgan fingerprint density at radius 3 is 2.13 bits per heavy atom. The number of thiazole rings is 2. The van der Waals surface area contributed by atoms with E-state index in [9.17, 15) is 19.5 Å². The maximum Gasteiger partial charge on any atom is 0.322 e. The van der Waals surface area contributed by atoms with Crippen LogP contribution in [0.15, 0.2) is 130 Å². The second-order valence-electron chi connectivity index (χ2n) is 12.6. The number of hydrogen-bond donors (Lipinski definition) is 3. The number of nitrogens with zero attached hydrogens (tertiary/aromatic N) is 4. The van der Waals surface area contributed by atoms with Crippen molar-refractivity contribution in [3.8, 4) is 0 Å². The Kier molecular flexibility index (Phi) is 9.87. The summed E-state index contributed by atoms with van der Waals surface area (Å²) in [6.07, 6.45) is 0. The molecule has 272 valence electrons. The minimum absolute atomic E-state index is 0.0160. The zero-order valence-corrected chi connectivity index (χ0v) is 31.9. The summed E-state index contributed by atoms with van der Waals surface area (Å²) in [5.74, 6) is -1.80. The van der Waals surface area contributed by atoms with Crippen LogP contribution in [0.3, 0.4) is 0 Å². The summed E-state index contributed by atoms with van der Waals surface area (Å²) in [5.41, 5.74) is 3.11. The van der Waals surface area contributed by atoms with Gasteiger partial charge in [-0.05, 0) is 28.8 Å². The van der Waals surface area contributed by atoms with Crippen LogP contribution in [0.5, 0.6) is 0 Å². The number of aliphatic carboxylic acids is 1. The van der Waals surface area contributed by atoms with Crippen LogP contribution in [-0.4, -0.2) is 79.0 Å². The zero-order valence-electron chi connectivity index (χ0n) is 28.6. The van der Waals surface area contributed by atoms with Crippen LogP contribution in [0, 0.1) is 0 Å². The Bertz CT molecular complexity index is 2230. The molecular formula is C39H32N6O5S4. The van der Waals surface area contributed by atoms with Gasteiger partial charge in [-0.2, -0.15) is 0 Å². The summed E-state index contributed by atoms with van der Waals surface area (Å²) < 4.78 is 0.298. The molecule has 3 atom stereocenters. The van der Waals surface area contributed by atoms with Crippen molar-refractivity contribution in [2.24, 2.45) is 5.16 Å². The van der Waals surface area contributed by atoms with Crippen molar-refractivity contribution < 1.29 is 24.3 Å². The normalized spacial score (nSPS) is 19.8. The number of anilines is 1. The average molecular weight is 793 g/mol. The van der Waals surface area contributed by atoms with Crippen LogP contribution < -0.4 is 10.6 Å². The second kappa shape index (κ2) is 14.9. The molecule has 2 amide bonds. The number of hydrogen-bond acceptors (Lipinski definition) is 12. The second-order valence-corrected chi connectivity index (χ2v) is 17.2. The minimum atomic E-state index is -1.29. The quantitative estimate of drug-likeness (QED) is 0.0542. The number of carboxylic acid groups (broad SMARTS) is 1. The maximum absolute atomic E-state index is 13.8. The van der Waals surface area contributed by atoms with E-state index in [4.69, 9.17) is 9.82 Å². The van der Waals surface area contributed by atoms with Gasteiger partial charge in [0.15, 0.2) is 15.2 Å². The number of nitrogens with one attached hydrogen (secondary N) is 2. The van der Waals surface area contributed by atoms with Gasteiger partial charge >= 0.3 is 5.97 Å². The molecule has 2 unspecified atom stereocenters. The molecule has 2 aromatic heterocycles. The molecule has 15 heteroatoms. The summed E-state index contributed by atoms with van der Waals surface area (Å²) in [6.45, 7) is -0.0160. The van der Waals surface area contributed by atoms with Crippen LogP contribution in [0.2, 0.25) is 0 Å². The predicted molar refractivity (Wildman–Crippen MR) is 214 cm³/mol. The summed E-state index contributed by atoms with van der Waals surface area (Å²) in [5, 5.41) is 22.7. The third-order valence-corrected chi connectivity index (χ3v) is 14.3. The van der Waals surface area contributed by atoms with Crippen molar-refractivity contribution >= 4 is 85.0 Å². The standard InChI is InChI=1S/C39H32N6O5S4/c1-50-44-30(28-21-51-36(40-28)43-39(24-13-5-2-6-14-24,25-15-7-3-8-16-25)26-17-9-4-10-18-26)32(46)42-31-33(47)45-22-38(35(48)49,23-52-34(31)45)54-37-41-27-19-11-12-20-29(27)53-37/h2-21,31,34H,22-23H2,1H3,(H,40,43)(H,42,46)(H,48,49)/t31?,34-,38?/m1/s1. The molecule has 2 aliphatic heterocycles. The Morgan fingerprint density at radius 2 is 1.54 bits per heavy atom. The van der Waals surface area contributed by atoms with Gasteiger partial charge in [-0.25, -0.2) is 9.97 Å². The van der Waals surface area contributed by atoms with E-state index in [2.05, 4.69) is 57.2 Å². The van der Waals surface area contributed by atoms with E-state index in [1.165, 1.54) is 58.2 Å². The molecule has 3 N–H and O–H groups in total. The van der Waals surface area contributed by atoms with E-state index in [-0.39, 0.29) is 29.6 Å². The topological polar surface area (TPSA) is 146 Å². The van der Waals surface area contributed by atoms with Gasteiger partial charge in [0, 0.05) is 17.7 Å². The molecule has 2 fully saturated rings. The van der Waals surface area contributed by atoms with Crippen LogP contribution in [0.1, 0.15) is 22.4 Å². The zero-order chi connectivity index (χ0) is 37.3. The average Bonchev–Trinajstić information content (AvgIpc) is 3.85. The molecule has 6 aromatic rings. The Balaban J connectivity index is 1.01. The molecular weight excluding hydrogens is 761 g/mol. The van der Waals surface area contributed by atoms with E-state index in [1.807, 2.05) is 78.9 Å². The number of benzene rings is 4. The molecule has 0 aliphatic carbocycles. The van der Waals surface area contributed by atoms with Crippen molar-refractivity contribution in [2.75, 3.05) is 24.7 Å². The first kappa shape index (κ1) is 35.8. The van der Waals surface area contributed by atoms with Gasteiger partial charge < -0.3 is 25.5 Å². The van der Waals surface area contributed by atoms with E-state index in [1.54, 1.807) is 5.38 Å². The number of rotatable bonds is 12. The molecule has 0 radical (unpaired) electrons.